The van der Waals surface area contributed by atoms with Crippen LogP contribution in [0.5, 0.6) is 11.5 Å². The van der Waals surface area contributed by atoms with Crippen molar-refractivity contribution in [3.8, 4) is 11.5 Å². The van der Waals surface area contributed by atoms with Gasteiger partial charge < -0.3 is 25.2 Å². The van der Waals surface area contributed by atoms with Crippen LogP contribution >= 0.6 is 24.0 Å². The van der Waals surface area contributed by atoms with E-state index in [0.29, 0.717) is 25.7 Å². The number of ether oxygens (including phenoxy) is 2. The van der Waals surface area contributed by atoms with E-state index >= 15 is 0 Å². The first kappa shape index (κ1) is 24.3. The Bertz CT molecular complexity index is 830. The van der Waals surface area contributed by atoms with E-state index in [1.807, 2.05) is 37.3 Å². The summed E-state index contributed by atoms with van der Waals surface area (Å²) >= 11 is 0. The highest BCUT2D eigenvalue weighted by Crippen LogP contribution is 2.35. The fourth-order valence-electron chi connectivity index (χ4n) is 3.54. The van der Waals surface area contributed by atoms with Crippen molar-refractivity contribution in [1.82, 2.24) is 10.6 Å². The number of hydrogen-bond acceptors (Lipinski definition) is 4. The van der Waals surface area contributed by atoms with Gasteiger partial charge in [0.25, 0.3) is 0 Å². The Hall–Kier alpha value is -2.00. The lowest BCUT2D eigenvalue weighted by molar-refractivity contribution is 0.254. The Kier molecular flexibility index (Phi) is 9.71. The molecule has 2 aromatic rings. The maximum absolute atomic E-state index is 9.75. The van der Waals surface area contributed by atoms with Crippen molar-refractivity contribution < 1.29 is 14.6 Å². The molecule has 0 fully saturated rings. The molecule has 0 aliphatic carbocycles. The van der Waals surface area contributed by atoms with Crippen LogP contribution in [0, 0.1) is 0 Å². The maximum Gasteiger partial charge on any atom is 0.191 e. The number of aliphatic imine (C=N–C) groups is 1. The van der Waals surface area contributed by atoms with Crippen LogP contribution in [0.2, 0.25) is 0 Å². The van der Waals surface area contributed by atoms with E-state index < -0.39 is 0 Å². The number of fused-ring (bicyclic) bond motifs is 1. The summed E-state index contributed by atoms with van der Waals surface area (Å²) in [5.41, 5.74) is 3.33. The number of nitrogens with one attached hydrogen (secondary N) is 2. The van der Waals surface area contributed by atoms with Gasteiger partial charge in [0.15, 0.2) is 5.96 Å². The average Bonchev–Trinajstić information content (AvgIpc) is 3.10. The van der Waals surface area contributed by atoms with Gasteiger partial charge in [-0.15, -0.1) is 24.0 Å². The SMILES string of the molecule is CCOc1cc2c(cc1CNC(=NC)NCC(CO)c1ccccc1)OC(C)C2.I. The predicted octanol–water partition coefficient (Wildman–Crippen LogP) is 3.47. The molecular formula is C23H32IN3O3. The Balaban J connectivity index is 0.00000320. The van der Waals surface area contributed by atoms with Crippen molar-refractivity contribution in [2.75, 3.05) is 26.8 Å². The van der Waals surface area contributed by atoms with E-state index in [1.165, 1.54) is 5.56 Å². The van der Waals surface area contributed by atoms with Crippen LogP contribution in [0.3, 0.4) is 0 Å². The van der Waals surface area contributed by atoms with Gasteiger partial charge in [-0.2, -0.15) is 0 Å². The Morgan fingerprint density at radius 1 is 1.27 bits per heavy atom. The minimum absolute atomic E-state index is 0. The molecule has 3 N–H and O–H groups in total. The largest absolute Gasteiger partial charge is 0.494 e. The molecule has 2 unspecified atom stereocenters. The Morgan fingerprint density at radius 2 is 2.03 bits per heavy atom. The number of nitrogens with zero attached hydrogens (tertiary/aromatic N) is 1. The lowest BCUT2D eigenvalue weighted by atomic mass is 10.0. The quantitative estimate of drug-likeness (QED) is 0.280. The molecule has 2 aromatic carbocycles. The third-order valence-electron chi connectivity index (χ3n) is 5.06. The van der Waals surface area contributed by atoms with Crippen LogP contribution in [0.25, 0.3) is 0 Å². The molecule has 7 heteroatoms. The summed E-state index contributed by atoms with van der Waals surface area (Å²) in [6, 6.07) is 14.1. The van der Waals surface area contributed by atoms with E-state index in [-0.39, 0.29) is 42.6 Å². The van der Waals surface area contributed by atoms with E-state index in [0.717, 1.165) is 29.0 Å². The number of benzene rings is 2. The van der Waals surface area contributed by atoms with E-state index in [4.69, 9.17) is 9.47 Å². The first-order valence-corrected chi connectivity index (χ1v) is 10.2. The summed E-state index contributed by atoms with van der Waals surface area (Å²) < 4.78 is 11.7. The molecule has 30 heavy (non-hydrogen) atoms. The number of halogens is 1. The average molecular weight is 525 g/mol. The second-order valence-electron chi connectivity index (χ2n) is 7.23. The summed E-state index contributed by atoms with van der Waals surface area (Å²) in [7, 11) is 1.74. The summed E-state index contributed by atoms with van der Waals surface area (Å²) in [5.74, 6) is 2.50. The molecule has 0 bridgehead atoms. The molecule has 2 atom stereocenters. The number of aliphatic hydroxyl groups excluding tert-OH is 1. The minimum atomic E-state index is 0. The number of aliphatic hydroxyl groups is 1. The van der Waals surface area contributed by atoms with Gasteiger partial charge >= 0.3 is 0 Å². The first-order chi connectivity index (χ1) is 14.1. The van der Waals surface area contributed by atoms with Gasteiger partial charge in [0.05, 0.1) is 13.2 Å². The molecule has 0 saturated heterocycles. The zero-order valence-electron chi connectivity index (χ0n) is 17.9. The second-order valence-corrected chi connectivity index (χ2v) is 7.23. The molecule has 1 aliphatic heterocycles. The highest BCUT2D eigenvalue weighted by molar-refractivity contribution is 14.0. The normalized spacial score (nSPS) is 16.1. The van der Waals surface area contributed by atoms with E-state index in [9.17, 15) is 5.11 Å². The van der Waals surface area contributed by atoms with Crippen molar-refractivity contribution >= 4 is 29.9 Å². The zero-order valence-corrected chi connectivity index (χ0v) is 20.2. The smallest absolute Gasteiger partial charge is 0.191 e. The predicted molar refractivity (Wildman–Crippen MR) is 131 cm³/mol. The van der Waals surface area contributed by atoms with E-state index in [2.05, 4.69) is 34.7 Å². The first-order valence-electron chi connectivity index (χ1n) is 10.2. The maximum atomic E-state index is 9.75. The minimum Gasteiger partial charge on any atom is -0.494 e. The molecule has 0 spiro atoms. The standard InChI is InChI=1S/C23H31N3O3.HI/c1-4-28-21-11-18-10-16(2)29-22(18)12-19(21)13-25-23(24-3)26-14-20(15-27)17-8-6-5-7-9-17;/h5-9,11-12,16,20,27H,4,10,13-15H2,1-3H3,(H2,24,25,26);1H. The molecule has 0 aromatic heterocycles. The van der Waals surface area contributed by atoms with Gasteiger partial charge in [-0.1, -0.05) is 30.3 Å². The van der Waals surface area contributed by atoms with Crippen LogP contribution < -0.4 is 20.1 Å². The number of hydrogen-bond donors (Lipinski definition) is 3. The van der Waals surface area contributed by atoms with Crippen molar-refractivity contribution in [3.05, 3.63) is 59.2 Å². The molecule has 1 heterocycles. The van der Waals surface area contributed by atoms with Gasteiger partial charge in [0.1, 0.15) is 17.6 Å². The lowest BCUT2D eigenvalue weighted by Gasteiger charge is -2.19. The van der Waals surface area contributed by atoms with Crippen molar-refractivity contribution in [2.45, 2.75) is 38.8 Å². The van der Waals surface area contributed by atoms with Gasteiger partial charge in [0.2, 0.25) is 0 Å². The van der Waals surface area contributed by atoms with Crippen LogP contribution in [-0.4, -0.2) is 44.0 Å². The zero-order chi connectivity index (χ0) is 20.6. The molecule has 3 rings (SSSR count). The molecule has 164 valence electrons. The fraction of sp³-hybridized carbons (Fsp3) is 0.435. The van der Waals surface area contributed by atoms with Crippen LogP contribution in [0.1, 0.15) is 36.5 Å². The lowest BCUT2D eigenvalue weighted by Crippen LogP contribution is -2.39. The summed E-state index contributed by atoms with van der Waals surface area (Å²) in [6.45, 7) is 5.91. The van der Waals surface area contributed by atoms with Crippen molar-refractivity contribution in [1.29, 1.82) is 0 Å². The van der Waals surface area contributed by atoms with Crippen LogP contribution in [0.4, 0.5) is 0 Å². The van der Waals surface area contributed by atoms with Crippen molar-refractivity contribution in [2.24, 2.45) is 4.99 Å². The molecule has 0 saturated carbocycles. The van der Waals surface area contributed by atoms with Gasteiger partial charge in [0, 0.05) is 43.6 Å². The van der Waals surface area contributed by atoms with Gasteiger partial charge in [-0.05, 0) is 31.5 Å². The molecule has 1 aliphatic rings. The molecule has 0 amide bonds. The van der Waals surface area contributed by atoms with Gasteiger partial charge in [-0.25, -0.2) is 0 Å². The fourth-order valence-corrected chi connectivity index (χ4v) is 3.54. The topological polar surface area (TPSA) is 75.1 Å². The second kappa shape index (κ2) is 12.0. The number of guanidine groups is 1. The third kappa shape index (κ3) is 6.25. The molecule has 6 nitrogen and oxygen atoms in total. The summed E-state index contributed by atoms with van der Waals surface area (Å²) in [6.07, 6.45) is 1.11. The van der Waals surface area contributed by atoms with E-state index in [1.54, 1.807) is 7.05 Å². The molecular weight excluding hydrogens is 493 g/mol. The Labute approximate surface area is 196 Å². The van der Waals surface area contributed by atoms with Crippen molar-refractivity contribution in [3.63, 3.8) is 0 Å². The number of rotatable bonds is 8. The van der Waals surface area contributed by atoms with Crippen LogP contribution in [0.15, 0.2) is 47.5 Å². The Morgan fingerprint density at radius 3 is 2.70 bits per heavy atom. The molecule has 0 radical (unpaired) electrons. The highest BCUT2D eigenvalue weighted by atomic mass is 127. The summed E-state index contributed by atoms with van der Waals surface area (Å²) in [5, 5.41) is 16.4. The highest BCUT2D eigenvalue weighted by Gasteiger charge is 2.22. The summed E-state index contributed by atoms with van der Waals surface area (Å²) in [4.78, 5) is 4.30. The van der Waals surface area contributed by atoms with Crippen LogP contribution in [-0.2, 0) is 13.0 Å². The monoisotopic (exact) mass is 525 g/mol. The third-order valence-corrected chi connectivity index (χ3v) is 5.06. The van der Waals surface area contributed by atoms with Gasteiger partial charge in [-0.3, -0.25) is 4.99 Å².